The van der Waals surface area contributed by atoms with Crippen molar-refractivity contribution in [2.24, 2.45) is 0 Å². The Bertz CT molecular complexity index is 801. The Morgan fingerprint density at radius 3 is 2.19 bits per heavy atom. The maximum atomic E-state index is 13.4. The zero-order valence-corrected chi connectivity index (χ0v) is 11.3. The van der Waals surface area contributed by atoms with Crippen molar-refractivity contribution in [1.29, 1.82) is 0 Å². The summed E-state index contributed by atoms with van der Waals surface area (Å²) in [6, 6.07) is 6.91. The van der Waals surface area contributed by atoms with E-state index in [4.69, 9.17) is 0 Å². The maximum Gasteiger partial charge on any atom is 0.185 e. The Labute approximate surface area is 119 Å². The van der Waals surface area contributed by atoms with Crippen LogP contribution in [0.5, 0.6) is 0 Å². The SMILES string of the molecule is O=C(CS(=O)(=O)c1ccc(F)c(F)c1)c1ccccc1F. The van der Waals surface area contributed by atoms with Gasteiger partial charge in [-0.1, -0.05) is 12.1 Å². The molecular weight excluding hydrogens is 305 g/mol. The first-order valence-electron chi connectivity index (χ1n) is 5.77. The van der Waals surface area contributed by atoms with E-state index < -0.39 is 43.7 Å². The lowest BCUT2D eigenvalue weighted by Crippen LogP contribution is -2.17. The highest BCUT2D eigenvalue weighted by Gasteiger charge is 2.23. The van der Waals surface area contributed by atoms with Crippen LogP contribution in [0.15, 0.2) is 47.4 Å². The summed E-state index contributed by atoms with van der Waals surface area (Å²) < 4.78 is 63.2. The molecule has 0 saturated heterocycles. The summed E-state index contributed by atoms with van der Waals surface area (Å²) in [4.78, 5) is 11.3. The van der Waals surface area contributed by atoms with Gasteiger partial charge < -0.3 is 0 Å². The lowest BCUT2D eigenvalue weighted by molar-refractivity contribution is 0.101. The quantitative estimate of drug-likeness (QED) is 0.644. The minimum atomic E-state index is -4.19. The first-order chi connectivity index (χ1) is 9.81. The van der Waals surface area contributed by atoms with Gasteiger partial charge in [0, 0.05) is 0 Å². The van der Waals surface area contributed by atoms with Gasteiger partial charge in [0.2, 0.25) is 0 Å². The fourth-order valence-corrected chi connectivity index (χ4v) is 2.92. The highest BCUT2D eigenvalue weighted by atomic mass is 32.2. The van der Waals surface area contributed by atoms with Crippen LogP contribution in [0, 0.1) is 17.5 Å². The van der Waals surface area contributed by atoms with Gasteiger partial charge in [0.25, 0.3) is 0 Å². The molecule has 2 rings (SSSR count). The number of Topliss-reactive ketones (excluding diaryl/α,β-unsaturated/α-hetero) is 1. The van der Waals surface area contributed by atoms with Crippen molar-refractivity contribution in [3.05, 3.63) is 65.5 Å². The average Bonchev–Trinajstić information content (AvgIpc) is 2.41. The van der Waals surface area contributed by atoms with Crippen molar-refractivity contribution >= 4 is 15.6 Å². The van der Waals surface area contributed by atoms with Gasteiger partial charge in [-0.15, -0.1) is 0 Å². The van der Waals surface area contributed by atoms with Crippen LogP contribution in [0.1, 0.15) is 10.4 Å². The Balaban J connectivity index is 2.31. The molecular formula is C14H9F3O3S. The minimum absolute atomic E-state index is 0.372. The second-order valence-electron chi connectivity index (χ2n) is 4.24. The third-order valence-corrected chi connectivity index (χ3v) is 4.36. The molecule has 2 aromatic carbocycles. The van der Waals surface area contributed by atoms with Gasteiger partial charge in [0.05, 0.1) is 10.5 Å². The fourth-order valence-electron chi connectivity index (χ4n) is 1.69. The van der Waals surface area contributed by atoms with Crippen LogP contribution in [0.25, 0.3) is 0 Å². The fraction of sp³-hybridized carbons (Fsp3) is 0.0714. The van der Waals surface area contributed by atoms with E-state index in [2.05, 4.69) is 0 Å². The molecule has 0 fully saturated rings. The lowest BCUT2D eigenvalue weighted by Gasteiger charge is -2.05. The second-order valence-corrected chi connectivity index (χ2v) is 6.23. The van der Waals surface area contributed by atoms with Crippen LogP contribution in [0.3, 0.4) is 0 Å². The van der Waals surface area contributed by atoms with Gasteiger partial charge >= 0.3 is 0 Å². The molecule has 0 amide bonds. The third-order valence-electron chi connectivity index (χ3n) is 2.75. The van der Waals surface area contributed by atoms with Gasteiger partial charge in [-0.3, -0.25) is 4.79 Å². The molecule has 2 aromatic rings. The molecule has 7 heteroatoms. The van der Waals surface area contributed by atoms with E-state index in [0.717, 1.165) is 18.2 Å². The van der Waals surface area contributed by atoms with Crippen LogP contribution in [-0.2, 0) is 9.84 Å². The minimum Gasteiger partial charge on any atom is -0.293 e. The third kappa shape index (κ3) is 3.30. The van der Waals surface area contributed by atoms with E-state index in [1.54, 1.807) is 0 Å². The lowest BCUT2D eigenvalue weighted by atomic mass is 10.1. The number of hydrogen-bond donors (Lipinski definition) is 0. The van der Waals surface area contributed by atoms with Crippen molar-refractivity contribution in [2.45, 2.75) is 4.90 Å². The topological polar surface area (TPSA) is 51.2 Å². The number of carbonyl (C=O) groups excluding carboxylic acids is 1. The summed E-state index contributed by atoms with van der Waals surface area (Å²) in [5, 5.41) is 0. The Morgan fingerprint density at radius 1 is 0.905 bits per heavy atom. The highest BCUT2D eigenvalue weighted by molar-refractivity contribution is 7.92. The molecule has 0 N–H and O–H groups in total. The van der Waals surface area contributed by atoms with E-state index in [1.807, 2.05) is 0 Å². The molecule has 0 saturated carbocycles. The number of halogens is 3. The van der Waals surface area contributed by atoms with Crippen molar-refractivity contribution in [3.8, 4) is 0 Å². The Morgan fingerprint density at radius 2 is 1.57 bits per heavy atom. The van der Waals surface area contributed by atoms with Crippen LogP contribution in [-0.4, -0.2) is 20.0 Å². The Kier molecular flexibility index (Phi) is 4.13. The van der Waals surface area contributed by atoms with Gasteiger partial charge in [-0.2, -0.15) is 0 Å². The largest absolute Gasteiger partial charge is 0.293 e. The van der Waals surface area contributed by atoms with Crippen molar-refractivity contribution < 1.29 is 26.4 Å². The molecule has 0 aliphatic heterocycles. The first-order valence-corrected chi connectivity index (χ1v) is 7.42. The number of ketones is 1. The smallest absolute Gasteiger partial charge is 0.185 e. The van der Waals surface area contributed by atoms with Crippen molar-refractivity contribution in [1.82, 2.24) is 0 Å². The van der Waals surface area contributed by atoms with E-state index in [-0.39, 0.29) is 5.56 Å². The standard InChI is InChI=1S/C14H9F3O3S/c15-11-4-2-1-3-10(11)14(18)8-21(19,20)9-5-6-12(16)13(17)7-9/h1-7H,8H2. The van der Waals surface area contributed by atoms with Gasteiger partial charge in [-0.25, -0.2) is 21.6 Å². The predicted molar refractivity (Wildman–Crippen MR) is 69.1 cm³/mol. The van der Waals surface area contributed by atoms with E-state index in [0.29, 0.717) is 12.1 Å². The van der Waals surface area contributed by atoms with Crippen LogP contribution < -0.4 is 0 Å². The second kappa shape index (κ2) is 5.69. The van der Waals surface area contributed by atoms with E-state index in [9.17, 15) is 26.4 Å². The van der Waals surface area contributed by atoms with Crippen molar-refractivity contribution in [2.75, 3.05) is 5.75 Å². The predicted octanol–water partition coefficient (Wildman–Crippen LogP) is 2.76. The summed E-state index contributed by atoms with van der Waals surface area (Å²) >= 11 is 0. The number of sulfone groups is 1. The van der Waals surface area contributed by atoms with Crippen molar-refractivity contribution in [3.63, 3.8) is 0 Å². The summed E-state index contributed by atoms with van der Waals surface area (Å²) in [7, 11) is -4.19. The molecule has 21 heavy (non-hydrogen) atoms. The van der Waals surface area contributed by atoms with Crippen LogP contribution in [0.4, 0.5) is 13.2 Å². The van der Waals surface area contributed by atoms with E-state index in [1.165, 1.54) is 12.1 Å². The van der Waals surface area contributed by atoms with Gasteiger partial charge in [0.15, 0.2) is 27.3 Å². The number of rotatable bonds is 4. The number of hydrogen-bond acceptors (Lipinski definition) is 3. The summed E-state index contributed by atoms with van der Waals surface area (Å²) in [6.07, 6.45) is 0. The molecule has 3 nitrogen and oxygen atoms in total. The van der Waals surface area contributed by atoms with E-state index >= 15 is 0 Å². The normalized spacial score (nSPS) is 11.4. The molecule has 0 atom stereocenters. The summed E-state index contributed by atoms with van der Waals surface area (Å²) in [5.41, 5.74) is -0.372. The molecule has 0 bridgehead atoms. The average molecular weight is 314 g/mol. The number of benzene rings is 2. The van der Waals surface area contributed by atoms with Gasteiger partial charge in [-0.05, 0) is 30.3 Å². The summed E-state index contributed by atoms with van der Waals surface area (Å²) in [6.45, 7) is 0. The molecule has 0 aliphatic carbocycles. The zero-order chi connectivity index (χ0) is 15.6. The first kappa shape index (κ1) is 15.2. The molecule has 0 spiro atoms. The highest BCUT2D eigenvalue weighted by Crippen LogP contribution is 2.17. The molecule has 0 heterocycles. The Hall–Kier alpha value is -2.15. The molecule has 110 valence electrons. The molecule has 0 aliphatic rings. The van der Waals surface area contributed by atoms with Crippen LogP contribution >= 0.6 is 0 Å². The van der Waals surface area contributed by atoms with Gasteiger partial charge in [0.1, 0.15) is 11.6 Å². The maximum absolute atomic E-state index is 13.4. The monoisotopic (exact) mass is 314 g/mol. The molecule has 0 unspecified atom stereocenters. The zero-order valence-electron chi connectivity index (χ0n) is 10.5. The summed E-state index contributed by atoms with van der Waals surface area (Å²) in [5.74, 6) is -5.37. The molecule has 0 aromatic heterocycles. The number of carbonyl (C=O) groups is 1. The molecule has 0 radical (unpaired) electrons. The van der Waals surface area contributed by atoms with Crippen LogP contribution in [0.2, 0.25) is 0 Å².